The number of anilines is 1. The van der Waals surface area contributed by atoms with Crippen molar-refractivity contribution in [1.82, 2.24) is 14.5 Å². The maximum Gasteiger partial charge on any atom is 0.220 e. The Morgan fingerprint density at radius 2 is 2.00 bits per heavy atom. The lowest BCUT2D eigenvalue weighted by molar-refractivity contribution is 0.969. The fourth-order valence-corrected chi connectivity index (χ4v) is 2.26. The Morgan fingerprint density at radius 1 is 1.22 bits per heavy atom. The highest BCUT2D eigenvalue weighted by atomic mass is 15.0. The van der Waals surface area contributed by atoms with Crippen LogP contribution in [0.25, 0.3) is 22.2 Å². The van der Waals surface area contributed by atoms with E-state index in [1.54, 1.807) is 6.20 Å². The quantitative estimate of drug-likeness (QED) is 0.708. The van der Waals surface area contributed by atoms with Crippen molar-refractivity contribution in [3.63, 3.8) is 0 Å². The molecule has 2 heterocycles. The van der Waals surface area contributed by atoms with Gasteiger partial charge in [0.2, 0.25) is 5.95 Å². The lowest BCUT2D eigenvalue weighted by Crippen LogP contribution is -1.97. The highest BCUT2D eigenvalue weighted by Gasteiger charge is 2.12. The van der Waals surface area contributed by atoms with Crippen molar-refractivity contribution in [2.45, 2.75) is 6.92 Å². The van der Waals surface area contributed by atoms with E-state index in [0.717, 1.165) is 16.8 Å². The summed E-state index contributed by atoms with van der Waals surface area (Å²) in [5.41, 5.74) is 9.90. The van der Waals surface area contributed by atoms with Gasteiger partial charge in [0.25, 0.3) is 0 Å². The lowest BCUT2D eigenvalue weighted by atomic mass is 10.1. The first-order chi connectivity index (χ1) is 8.66. The van der Waals surface area contributed by atoms with Gasteiger partial charge in [-0.05, 0) is 18.6 Å². The molecule has 18 heavy (non-hydrogen) atoms. The van der Waals surface area contributed by atoms with E-state index in [0.29, 0.717) is 5.95 Å². The third-order valence-electron chi connectivity index (χ3n) is 3.14. The fourth-order valence-electron chi connectivity index (χ4n) is 2.26. The molecule has 0 radical (unpaired) electrons. The number of nitrogens with zero attached hydrogens (tertiary/aromatic N) is 3. The highest BCUT2D eigenvalue weighted by molar-refractivity contribution is 5.95. The number of nitrogen functional groups attached to an aromatic ring is 1. The number of rotatable bonds is 1. The average Bonchev–Trinajstić information content (AvgIpc) is 2.71. The van der Waals surface area contributed by atoms with Crippen molar-refractivity contribution in [2.24, 2.45) is 7.05 Å². The molecule has 4 heteroatoms. The van der Waals surface area contributed by atoms with Crippen LogP contribution < -0.4 is 5.73 Å². The van der Waals surface area contributed by atoms with Gasteiger partial charge in [0.05, 0.1) is 5.69 Å². The Hall–Kier alpha value is -2.36. The summed E-state index contributed by atoms with van der Waals surface area (Å²) >= 11 is 0. The van der Waals surface area contributed by atoms with Crippen molar-refractivity contribution in [3.05, 3.63) is 42.2 Å². The van der Waals surface area contributed by atoms with Crippen LogP contribution in [0, 0.1) is 6.92 Å². The molecule has 90 valence electrons. The Bertz CT molecular complexity index is 728. The molecule has 0 saturated carbocycles. The summed E-state index contributed by atoms with van der Waals surface area (Å²) < 4.78 is 2.10. The van der Waals surface area contributed by atoms with Crippen LogP contribution >= 0.6 is 0 Å². The van der Waals surface area contributed by atoms with Crippen molar-refractivity contribution in [2.75, 3.05) is 5.73 Å². The Kier molecular flexibility index (Phi) is 2.30. The summed E-state index contributed by atoms with van der Waals surface area (Å²) in [6.07, 6.45) is 3.85. The zero-order valence-electron chi connectivity index (χ0n) is 10.4. The van der Waals surface area contributed by atoms with Gasteiger partial charge in [0.1, 0.15) is 0 Å². The molecule has 0 bridgehead atoms. The van der Waals surface area contributed by atoms with Crippen LogP contribution in [0.5, 0.6) is 0 Å². The molecule has 0 aliphatic rings. The van der Waals surface area contributed by atoms with Crippen molar-refractivity contribution in [3.8, 4) is 11.3 Å². The van der Waals surface area contributed by atoms with E-state index < -0.39 is 0 Å². The van der Waals surface area contributed by atoms with Crippen LogP contribution in [-0.2, 0) is 7.05 Å². The van der Waals surface area contributed by atoms with Gasteiger partial charge < -0.3 is 10.3 Å². The van der Waals surface area contributed by atoms with Crippen molar-refractivity contribution >= 4 is 16.9 Å². The summed E-state index contributed by atoms with van der Waals surface area (Å²) in [5, 5.41) is 1.18. The van der Waals surface area contributed by atoms with Gasteiger partial charge in [-0.25, -0.2) is 9.97 Å². The van der Waals surface area contributed by atoms with E-state index in [2.05, 4.69) is 32.9 Å². The minimum atomic E-state index is 0.309. The number of para-hydroxylation sites is 1. The summed E-state index contributed by atoms with van der Waals surface area (Å²) in [6, 6.07) is 8.26. The number of nitrogens with two attached hydrogens (primary N) is 1. The largest absolute Gasteiger partial charge is 0.368 e. The molecule has 0 fully saturated rings. The molecule has 0 spiro atoms. The third kappa shape index (κ3) is 1.54. The molecule has 4 nitrogen and oxygen atoms in total. The maximum atomic E-state index is 5.69. The second-order valence-corrected chi connectivity index (χ2v) is 4.43. The summed E-state index contributed by atoms with van der Waals surface area (Å²) in [4.78, 5) is 8.37. The van der Waals surface area contributed by atoms with Crippen LogP contribution in [0.15, 0.2) is 36.7 Å². The predicted octanol–water partition coefficient (Wildman–Crippen LogP) is 2.53. The first-order valence-electron chi connectivity index (χ1n) is 5.80. The Balaban J connectivity index is 2.35. The van der Waals surface area contributed by atoms with Crippen molar-refractivity contribution < 1.29 is 0 Å². The van der Waals surface area contributed by atoms with Crippen LogP contribution in [0.1, 0.15) is 5.56 Å². The van der Waals surface area contributed by atoms with E-state index in [4.69, 9.17) is 5.73 Å². The number of aromatic nitrogens is 3. The van der Waals surface area contributed by atoms with Crippen LogP contribution in [0.2, 0.25) is 0 Å². The topological polar surface area (TPSA) is 56.7 Å². The molecule has 0 amide bonds. The SMILES string of the molecule is Cc1cnc(N)nc1-c1cn(C)c2ccccc12. The van der Waals surface area contributed by atoms with Gasteiger partial charge in [-0.1, -0.05) is 18.2 Å². The van der Waals surface area contributed by atoms with Crippen LogP contribution in [-0.4, -0.2) is 14.5 Å². The van der Waals surface area contributed by atoms with Crippen LogP contribution in [0.3, 0.4) is 0 Å². The fraction of sp³-hybridized carbons (Fsp3) is 0.143. The van der Waals surface area contributed by atoms with Gasteiger partial charge in [-0.3, -0.25) is 0 Å². The zero-order valence-corrected chi connectivity index (χ0v) is 10.4. The molecule has 3 rings (SSSR count). The summed E-state index contributed by atoms with van der Waals surface area (Å²) in [6.45, 7) is 2.00. The van der Waals surface area contributed by atoms with E-state index in [-0.39, 0.29) is 0 Å². The minimum Gasteiger partial charge on any atom is -0.368 e. The van der Waals surface area contributed by atoms with Gasteiger partial charge in [-0.2, -0.15) is 0 Å². The Labute approximate surface area is 105 Å². The van der Waals surface area contributed by atoms with Crippen molar-refractivity contribution in [1.29, 1.82) is 0 Å². The van der Waals surface area contributed by atoms with Gasteiger partial charge in [-0.15, -0.1) is 0 Å². The summed E-state index contributed by atoms with van der Waals surface area (Å²) in [7, 11) is 2.03. The second kappa shape index (κ2) is 3.84. The molecule has 0 aliphatic carbocycles. The smallest absolute Gasteiger partial charge is 0.220 e. The molecule has 2 aromatic heterocycles. The normalized spacial score (nSPS) is 11.0. The molecule has 1 aromatic carbocycles. The molecule has 0 aliphatic heterocycles. The number of hydrogen-bond donors (Lipinski definition) is 1. The molecule has 2 N–H and O–H groups in total. The molecule has 0 atom stereocenters. The van der Waals surface area contributed by atoms with E-state index in [9.17, 15) is 0 Å². The summed E-state index contributed by atoms with van der Waals surface area (Å²) in [5.74, 6) is 0.309. The standard InChI is InChI=1S/C14H14N4/c1-9-7-16-14(15)17-13(9)11-8-18(2)12-6-4-3-5-10(11)12/h3-8H,1-2H3,(H2,15,16,17). The number of fused-ring (bicyclic) bond motifs is 1. The molecule has 0 unspecified atom stereocenters. The zero-order chi connectivity index (χ0) is 12.7. The van der Waals surface area contributed by atoms with Gasteiger partial charge >= 0.3 is 0 Å². The number of benzene rings is 1. The molecular formula is C14H14N4. The third-order valence-corrected chi connectivity index (χ3v) is 3.14. The first-order valence-corrected chi connectivity index (χ1v) is 5.80. The molecular weight excluding hydrogens is 224 g/mol. The minimum absolute atomic E-state index is 0.309. The average molecular weight is 238 g/mol. The molecule has 3 aromatic rings. The number of hydrogen-bond acceptors (Lipinski definition) is 3. The maximum absolute atomic E-state index is 5.69. The monoisotopic (exact) mass is 238 g/mol. The van der Waals surface area contributed by atoms with Gasteiger partial charge in [0.15, 0.2) is 0 Å². The number of aryl methyl sites for hydroxylation is 2. The Morgan fingerprint density at radius 3 is 2.83 bits per heavy atom. The first kappa shape index (κ1) is 10.8. The predicted molar refractivity (Wildman–Crippen MR) is 73.1 cm³/mol. The van der Waals surface area contributed by atoms with Gasteiger partial charge in [0, 0.05) is 35.9 Å². The highest BCUT2D eigenvalue weighted by Crippen LogP contribution is 2.30. The van der Waals surface area contributed by atoms with E-state index in [1.165, 1.54) is 10.9 Å². The van der Waals surface area contributed by atoms with E-state index in [1.807, 2.05) is 26.1 Å². The van der Waals surface area contributed by atoms with E-state index >= 15 is 0 Å². The lowest BCUT2D eigenvalue weighted by Gasteiger charge is -2.03. The molecule has 0 saturated heterocycles. The van der Waals surface area contributed by atoms with Crippen LogP contribution in [0.4, 0.5) is 5.95 Å². The second-order valence-electron chi connectivity index (χ2n) is 4.43.